The van der Waals surface area contributed by atoms with Crippen molar-refractivity contribution < 1.29 is 28.6 Å². The van der Waals surface area contributed by atoms with Crippen molar-refractivity contribution in [1.82, 2.24) is 0 Å². The maximum Gasteiger partial charge on any atom is 0.336 e. The van der Waals surface area contributed by atoms with Gasteiger partial charge in [-0.25, -0.2) is 4.79 Å². The SMILES string of the molecule is CCCc1cc(=O)oc2c(C(=O)[C@@H](C)[C@H](C)OC(C)=O)c(O)c3c(c12)OC(C)(C)C=C3. The first-order valence-corrected chi connectivity index (χ1v) is 10.4. The van der Waals surface area contributed by atoms with E-state index in [4.69, 9.17) is 13.9 Å². The summed E-state index contributed by atoms with van der Waals surface area (Å²) in [6, 6.07) is 1.40. The Bertz CT molecular complexity index is 1140. The van der Waals surface area contributed by atoms with Gasteiger partial charge in [0.15, 0.2) is 11.4 Å². The van der Waals surface area contributed by atoms with E-state index in [1.54, 1.807) is 26.0 Å². The van der Waals surface area contributed by atoms with Crippen molar-refractivity contribution in [2.45, 2.75) is 66.1 Å². The summed E-state index contributed by atoms with van der Waals surface area (Å²) in [4.78, 5) is 37.1. The van der Waals surface area contributed by atoms with E-state index < -0.39 is 35.0 Å². The Morgan fingerprint density at radius 3 is 2.55 bits per heavy atom. The average Bonchev–Trinajstić information content (AvgIpc) is 2.65. The molecule has 1 aliphatic rings. The Morgan fingerprint density at radius 1 is 1.26 bits per heavy atom. The molecule has 3 rings (SSSR count). The maximum absolute atomic E-state index is 13.4. The molecule has 0 saturated carbocycles. The number of hydrogen-bond donors (Lipinski definition) is 1. The quantitative estimate of drug-likeness (QED) is 0.413. The molecule has 0 fully saturated rings. The highest BCUT2D eigenvalue weighted by Gasteiger charge is 2.35. The summed E-state index contributed by atoms with van der Waals surface area (Å²) in [5, 5.41) is 11.6. The molecule has 2 aromatic rings. The van der Waals surface area contributed by atoms with Crippen LogP contribution in [0.25, 0.3) is 17.0 Å². The second-order valence-electron chi connectivity index (χ2n) is 8.52. The van der Waals surface area contributed by atoms with Gasteiger partial charge in [0.1, 0.15) is 28.8 Å². The number of fused-ring (bicyclic) bond motifs is 3. The number of ketones is 1. The number of aryl methyl sites for hydroxylation is 1. The van der Waals surface area contributed by atoms with Gasteiger partial charge in [0.05, 0.1) is 16.9 Å². The predicted octanol–water partition coefficient (Wildman–Crippen LogP) is 4.41. The first-order valence-electron chi connectivity index (χ1n) is 10.4. The molecule has 2 heterocycles. The van der Waals surface area contributed by atoms with Gasteiger partial charge >= 0.3 is 11.6 Å². The molecule has 0 spiro atoms. The van der Waals surface area contributed by atoms with Gasteiger partial charge in [0.25, 0.3) is 0 Å². The summed E-state index contributed by atoms with van der Waals surface area (Å²) in [5.41, 5.74) is -0.335. The zero-order valence-corrected chi connectivity index (χ0v) is 18.7. The number of Topliss-reactive ketones (excluding diaryl/α,β-unsaturated/α-hetero) is 1. The van der Waals surface area contributed by atoms with Crippen LogP contribution in [-0.4, -0.2) is 28.6 Å². The molecule has 7 heteroatoms. The fourth-order valence-electron chi connectivity index (χ4n) is 3.79. The number of carbonyl (C=O) groups excluding carboxylic acids is 2. The van der Waals surface area contributed by atoms with Gasteiger partial charge in [-0.15, -0.1) is 0 Å². The number of phenolic OH excluding ortho intramolecular Hbond substituents is 1. The number of aromatic hydroxyl groups is 1. The summed E-state index contributed by atoms with van der Waals surface area (Å²) in [6.07, 6.45) is 4.10. The van der Waals surface area contributed by atoms with Crippen molar-refractivity contribution in [2.24, 2.45) is 5.92 Å². The van der Waals surface area contributed by atoms with E-state index in [0.717, 1.165) is 6.42 Å². The molecular formula is C24H28O7. The van der Waals surface area contributed by atoms with Gasteiger partial charge in [-0.05, 0) is 44.9 Å². The molecule has 0 amide bonds. The van der Waals surface area contributed by atoms with Crippen molar-refractivity contribution >= 4 is 28.8 Å². The van der Waals surface area contributed by atoms with Gasteiger partial charge in [-0.2, -0.15) is 0 Å². The van der Waals surface area contributed by atoms with Crippen molar-refractivity contribution in [3.05, 3.63) is 39.3 Å². The molecule has 0 radical (unpaired) electrons. The van der Waals surface area contributed by atoms with Crippen LogP contribution in [0.4, 0.5) is 0 Å². The number of benzene rings is 1. The molecule has 1 aromatic carbocycles. The minimum absolute atomic E-state index is 0.00910. The number of hydrogen-bond acceptors (Lipinski definition) is 7. The zero-order valence-electron chi connectivity index (χ0n) is 18.7. The molecule has 7 nitrogen and oxygen atoms in total. The van der Waals surface area contributed by atoms with Crippen molar-refractivity contribution in [2.75, 3.05) is 0 Å². The maximum atomic E-state index is 13.4. The van der Waals surface area contributed by atoms with Gasteiger partial charge in [-0.3, -0.25) is 9.59 Å². The van der Waals surface area contributed by atoms with Crippen LogP contribution in [0.15, 0.2) is 21.4 Å². The first-order chi connectivity index (χ1) is 14.5. The Morgan fingerprint density at radius 2 is 1.94 bits per heavy atom. The second-order valence-corrected chi connectivity index (χ2v) is 8.52. The monoisotopic (exact) mass is 428 g/mol. The summed E-state index contributed by atoms with van der Waals surface area (Å²) >= 11 is 0. The molecule has 166 valence electrons. The lowest BCUT2D eigenvalue weighted by Gasteiger charge is -2.30. The highest BCUT2D eigenvalue weighted by Crippen LogP contribution is 2.46. The van der Waals surface area contributed by atoms with E-state index in [1.165, 1.54) is 13.0 Å². The van der Waals surface area contributed by atoms with Crippen LogP contribution >= 0.6 is 0 Å². The largest absolute Gasteiger partial charge is 0.506 e. The third kappa shape index (κ3) is 4.22. The number of phenols is 1. The third-order valence-electron chi connectivity index (χ3n) is 5.49. The van der Waals surface area contributed by atoms with Gasteiger partial charge < -0.3 is 19.0 Å². The smallest absolute Gasteiger partial charge is 0.336 e. The molecule has 0 bridgehead atoms. The average molecular weight is 428 g/mol. The number of esters is 1. The lowest BCUT2D eigenvalue weighted by molar-refractivity contribution is -0.146. The highest BCUT2D eigenvalue weighted by atomic mass is 16.5. The number of carbonyl (C=O) groups is 2. The van der Waals surface area contributed by atoms with Crippen LogP contribution in [0.5, 0.6) is 11.5 Å². The van der Waals surface area contributed by atoms with E-state index in [9.17, 15) is 19.5 Å². The van der Waals surface area contributed by atoms with E-state index in [0.29, 0.717) is 28.7 Å². The van der Waals surface area contributed by atoms with Crippen molar-refractivity contribution in [3.63, 3.8) is 0 Å². The highest BCUT2D eigenvalue weighted by molar-refractivity contribution is 6.13. The van der Waals surface area contributed by atoms with Crippen LogP contribution in [0, 0.1) is 5.92 Å². The minimum atomic E-state index is -0.777. The van der Waals surface area contributed by atoms with Crippen LogP contribution in [0.3, 0.4) is 0 Å². The lowest BCUT2D eigenvalue weighted by atomic mass is 9.88. The van der Waals surface area contributed by atoms with E-state index >= 15 is 0 Å². The summed E-state index contributed by atoms with van der Waals surface area (Å²) in [6.45, 7) is 10.2. The standard InChI is InChI=1S/C24H28O7/c1-7-8-15-11-17(26)30-23-18(15)22-16(9-10-24(5,6)31-22)21(28)19(23)20(27)12(2)13(3)29-14(4)25/h9-13,28H,7-8H2,1-6H3/t12-,13-/m0/s1. The molecule has 0 unspecified atom stereocenters. The molecule has 31 heavy (non-hydrogen) atoms. The van der Waals surface area contributed by atoms with Gasteiger partial charge in [0.2, 0.25) is 0 Å². The van der Waals surface area contributed by atoms with Gasteiger partial charge in [0, 0.05) is 13.0 Å². The van der Waals surface area contributed by atoms with Gasteiger partial charge in [-0.1, -0.05) is 20.3 Å². The van der Waals surface area contributed by atoms with E-state index in [1.807, 2.05) is 20.8 Å². The molecular weight excluding hydrogens is 400 g/mol. The predicted molar refractivity (Wildman–Crippen MR) is 117 cm³/mol. The molecule has 1 aliphatic heterocycles. The minimum Gasteiger partial charge on any atom is -0.506 e. The Hall–Kier alpha value is -3.09. The molecule has 2 atom stereocenters. The van der Waals surface area contributed by atoms with Crippen molar-refractivity contribution in [1.29, 1.82) is 0 Å². The topological polar surface area (TPSA) is 103 Å². The molecule has 1 aromatic heterocycles. The third-order valence-corrected chi connectivity index (χ3v) is 5.49. The zero-order chi connectivity index (χ0) is 23.1. The molecule has 1 N–H and O–H groups in total. The van der Waals surface area contributed by atoms with E-state index in [2.05, 4.69) is 0 Å². The summed E-state index contributed by atoms with van der Waals surface area (Å²) < 4.78 is 16.8. The number of rotatable bonds is 6. The fourth-order valence-corrected chi connectivity index (χ4v) is 3.79. The first kappa shape index (κ1) is 22.6. The van der Waals surface area contributed by atoms with Crippen LogP contribution in [0.1, 0.15) is 69.4 Å². The van der Waals surface area contributed by atoms with Crippen LogP contribution in [0.2, 0.25) is 0 Å². The Labute approximate surface area is 180 Å². The van der Waals surface area contributed by atoms with Crippen LogP contribution < -0.4 is 10.4 Å². The summed E-state index contributed by atoms with van der Waals surface area (Å²) in [7, 11) is 0. The Balaban J connectivity index is 2.35. The fraction of sp³-hybridized carbons (Fsp3) is 0.458. The summed E-state index contributed by atoms with van der Waals surface area (Å²) in [5.74, 6) is -1.72. The number of ether oxygens (including phenoxy) is 2. The lowest BCUT2D eigenvalue weighted by Crippen LogP contribution is -2.29. The van der Waals surface area contributed by atoms with Crippen LogP contribution in [-0.2, 0) is 16.0 Å². The Kier molecular flexibility index (Phi) is 5.98. The van der Waals surface area contributed by atoms with Crippen molar-refractivity contribution in [3.8, 4) is 11.5 Å². The second kappa shape index (κ2) is 8.21. The van der Waals surface area contributed by atoms with E-state index in [-0.39, 0.29) is 16.9 Å². The normalized spacial score (nSPS) is 16.3. The molecule has 0 saturated heterocycles. The molecule has 0 aliphatic carbocycles.